The van der Waals surface area contributed by atoms with Gasteiger partial charge in [-0.2, -0.15) is 13.2 Å². The van der Waals surface area contributed by atoms with Crippen molar-refractivity contribution in [3.63, 3.8) is 0 Å². The fourth-order valence-corrected chi connectivity index (χ4v) is 2.16. The number of carboxylic acid groups (broad SMARTS) is 1. The number of rotatable bonds is 2. The number of nitrogens with zero attached hydrogens (tertiary/aromatic N) is 2. The van der Waals surface area contributed by atoms with Gasteiger partial charge in [0.15, 0.2) is 0 Å². The summed E-state index contributed by atoms with van der Waals surface area (Å²) in [6, 6.07) is 2.93. The molecule has 1 N–H and O–H groups in total. The van der Waals surface area contributed by atoms with Crippen molar-refractivity contribution in [1.29, 1.82) is 0 Å². The number of aromatic carboxylic acids is 1. The van der Waals surface area contributed by atoms with Crippen molar-refractivity contribution in [3.05, 3.63) is 24.0 Å². The summed E-state index contributed by atoms with van der Waals surface area (Å²) in [6.07, 6.45) is -2.62. The van der Waals surface area contributed by atoms with Gasteiger partial charge in [-0.05, 0) is 25.0 Å². The van der Waals surface area contributed by atoms with E-state index >= 15 is 0 Å². The predicted molar refractivity (Wildman–Crippen MR) is 62.2 cm³/mol. The zero-order chi connectivity index (χ0) is 14.0. The van der Waals surface area contributed by atoms with Crippen LogP contribution < -0.4 is 4.90 Å². The lowest BCUT2D eigenvalue weighted by Gasteiger charge is -2.34. The molecule has 0 unspecified atom stereocenters. The number of hydrogen-bond acceptors (Lipinski definition) is 3. The van der Waals surface area contributed by atoms with E-state index in [1.165, 1.54) is 12.3 Å². The summed E-state index contributed by atoms with van der Waals surface area (Å²) in [7, 11) is 0. The Morgan fingerprint density at radius 2 is 1.95 bits per heavy atom. The van der Waals surface area contributed by atoms with E-state index in [1.54, 1.807) is 11.0 Å². The number of anilines is 1. The van der Waals surface area contributed by atoms with E-state index in [0.29, 0.717) is 18.8 Å². The zero-order valence-corrected chi connectivity index (χ0v) is 10.0. The van der Waals surface area contributed by atoms with Crippen molar-refractivity contribution in [2.45, 2.75) is 19.0 Å². The summed E-state index contributed by atoms with van der Waals surface area (Å²) in [5.41, 5.74) is 0.583. The smallest absolute Gasteiger partial charge is 0.391 e. The largest absolute Gasteiger partial charge is 0.477 e. The third kappa shape index (κ3) is 3.15. The normalized spacial score (nSPS) is 17.5. The van der Waals surface area contributed by atoms with Crippen LogP contribution in [0.15, 0.2) is 18.3 Å². The first kappa shape index (κ1) is 13.6. The molecule has 1 fully saturated rings. The summed E-state index contributed by atoms with van der Waals surface area (Å²) >= 11 is 0. The van der Waals surface area contributed by atoms with E-state index in [9.17, 15) is 18.0 Å². The molecular formula is C12H13F3N2O2. The van der Waals surface area contributed by atoms with Crippen molar-refractivity contribution >= 4 is 11.7 Å². The van der Waals surface area contributed by atoms with Gasteiger partial charge in [0.1, 0.15) is 5.69 Å². The molecule has 1 aliphatic heterocycles. The third-order valence-corrected chi connectivity index (χ3v) is 3.29. The molecule has 4 nitrogen and oxygen atoms in total. The molecule has 7 heteroatoms. The van der Waals surface area contributed by atoms with Crippen molar-refractivity contribution in [2.75, 3.05) is 18.0 Å². The molecule has 0 spiro atoms. The van der Waals surface area contributed by atoms with Crippen LogP contribution in [0.2, 0.25) is 0 Å². The van der Waals surface area contributed by atoms with Gasteiger partial charge in [-0.3, -0.25) is 0 Å². The van der Waals surface area contributed by atoms with Crippen LogP contribution in [0, 0.1) is 5.92 Å². The van der Waals surface area contributed by atoms with Crippen LogP contribution in [0.25, 0.3) is 0 Å². The average molecular weight is 274 g/mol. The Bertz CT molecular complexity index is 451. The maximum atomic E-state index is 12.5. The molecule has 104 valence electrons. The highest BCUT2D eigenvalue weighted by molar-refractivity contribution is 5.85. The van der Waals surface area contributed by atoms with Gasteiger partial charge >= 0.3 is 12.1 Å². The van der Waals surface area contributed by atoms with Crippen LogP contribution >= 0.6 is 0 Å². The minimum absolute atomic E-state index is 0.0597. The Hall–Kier alpha value is -1.79. The number of halogens is 3. The van der Waals surface area contributed by atoms with Crippen LogP contribution in [0.1, 0.15) is 23.3 Å². The van der Waals surface area contributed by atoms with E-state index in [1.807, 2.05) is 0 Å². The number of alkyl halides is 3. The monoisotopic (exact) mass is 274 g/mol. The second-order valence-corrected chi connectivity index (χ2v) is 4.51. The van der Waals surface area contributed by atoms with E-state index in [0.717, 1.165) is 0 Å². The van der Waals surface area contributed by atoms with Gasteiger partial charge < -0.3 is 10.0 Å². The van der Waals surface area contributed by atoms with E-state index in [2.05, 4.69) is 4.98 Å². The highest BCUT2D eigenvalue weighted by Gasteiger charge is 2.41. The SMILES string of the molecule is O=C(O)c1ccc(N2CCC(C(F)(F)F)CC2)cn1. The molecule has 0 amide bonds. The number of pyridine rings is 1. The molecule has 1 aromatic heterocycles. The fourth-order valence-electron chi connectivity index (χ4n) is 2.16. The van der Waals surface area contributed by atoms with E-state index in [-0.39, 0.29) is 18.5 Å². The molecule has 19 heavy (non-hydrogen) atoms. The summed E-state index contributed by atoms with van der Waals surface area (Å²) in [5, 5.41) is 8.71. The van der Waals surface area contributed by atoms with Gasteiger partial charge in [-0.1, -0.05) is 0 Å². The summed E-state index contributed by atoms with van der Waals surface area (Å²) in [4.78, 5) is 16.2. The number of aromatic nitrogens is 1. The summed E-state index contributed by atoms with van der Waals surface area (Å²) in [6.45, 7) is 0.608. The van der Waals surface area contributed by atoms with Crippen molar-refractivity contribution in [2.24, 2.45) is 5.92 Å². The lowest BCUT2D eigenvalue weighted by atomic mass is 9.96. The van der Waals surface area contributed by atoms with Crippen LogP contribution in [0.3, 0.4) is 0 Å². The third-order valence-electron chi connectivity index (χ3n) is 3.29. The van der Waals surface area contributed by atoms with Gasteiger partial charge in [-0.15, -0.1) is 0 Å². The molecule has 1 aliphatic rings. The first-order chi connectivity index (χ1) is 8.88. The molecule has 0 aliphatic carbocycles. The van der Waals surface area contributed by atoms with Gasteiger partial charge in [0, 0.05) is 13.1 Å². The number of piperidine rings is 1. The Kier molecular flexibility index (Phi) is 3.64. The van der Waals surface area contributed by atoms with Crippen LogP contribution in [0.4, 0.5) is 18.9 Å². The predicted octanol–water partition coefficient (Wildman–Crippen LogP) is 2.56. The average Bonchev–Trinajstić information content (AvgIpc) is 2.38. The fraction of sp³-hybridized carbons (Fsp3) is 0.500. The number of carbonyl (C=O) groups is 1. The minimum atomic E-state index is -4.13. The first-order valence-electron chi connectivity index (χ1n) is 5.89. The van der Waals surface area contributed by atoms with Gasteiger partial charge in [0.25, 0.3) is 0 Å². The Morgan fingerprint density at radius 3 is 2.37 bits per heavy atom. The summed E-state index contributed by atoms with van der Waals surface area (Å²) in [5.74, 6) is -2.36. The Morgan fingerprint density at radius 1 is 1.32 bits per heavy atom. The van der Waals surface area contributed by atoms with Gasteiger partial charge in [0.05, 0.1) is 17.8 Å². The quantitative estimate of drug-likeness (QED) is 0.900. The molecular weight excluding hydrogens is 261 g/mol. The Balaban J connectivity index is 2.00. The van der Waals surface area contributed by atoms with Crippen LogP contribution in [0.5, 0.6) is 0 Å². The zero-order valence-electron chi connectivity index (χ0n) is 10.0. The van der Waals surface area contributed by atoms with Crippen LogP contribution in [-0.4, -0.2) is 35.3 Å². The van der Waals surface area contributed by atoms with Gasteiger partial charge in [-0.25, -0.2) is 9.78 Å². The van der Waals surface area contributed by atoms with Crippen molar-refractivity contribution in [1.82, 2.24) is 4.98 Å². The van der Waals surface area contributed by atoms with Gasteiger partial charge in [0.2, 0.25) is 0 Å². The van der Waals surface area contributed by atoms with Crippen molar-refractivity contribution in [3.8, 4) is 0 Å². The molecule has 0 aromatic carbocycles. The second kappa shape index (κ2) is 5.07. The summed E-state index contributed by atoms with van der Waals surface area (Å²) < 4.78 is 37.5. The molecule has 1 saturated heterocycles. The highest BCUT2D eigenvalue weighted by Crippen LogP contribution is 2.35. The number of carboxylic acids is 1. The lowest BCUT2D eigenvalue weighted by molar-refractivity contribution is -0.179. The maximum absolute atomic E-state index is 12.5. The molecule has 2 heterocycles. The maximum Gasteiger partial charge on any atom is 0.391 e. The first-order valence-corrected chi connectivity index (χ1v) is 5.89. The minimum Gasteiger partial charge on any atom is -0.477 e. The molecule has 0 atom stereocenters. The van der Waals surface area contributed by atoms with Crippen molar-refractivity contribution < 1.29 is 23.1 Å². The second-order valence-electron chi connectivity index (χ2n) is 4.51. The van der Waals surface area contributed by atoms with E-state index in [4.69, 9.17) is 5.11 Å². The lowest BCUT2D eigenvalue weighted by Crippen LogP contribution is -2.39. The Labute approximate surface area is 107 Å². The topological polar surface area (TPSA) is 53.4 Å². The highest BCUT2D eigenvalue weighted by atomic mass is 19.4. The molecule has 0 bridgehead atoms. The van der Waals surface area contributed by atoms with E-state index < -0.39 is 18.1 Å². The molecule has 1 aromatic rings. The molecule has 0 radical (unpaired) electrons. The standard InChI is InChI=1S/C12H13F3N2O2/c13-12(14,15)8-3-5-17(6-4-8)9-1-2-10(11(18)19)16-7-9/h1-2,7-8H,3-6H2,(H,18,19). The van der Waals surface area contributed by atoms with Crippen LogP contribution in [-0.2, 0) is 0 Å². The molecule has 2 rings (SSSR count). The number of hydrogen-bond donors (Lipinski definition) is 1. The molecule has 0 saturated carbocycles.